The Morgan fingerprint density at radius 2 is 0.575 bits per heavy atom. The van der Waals surface area contributed by atoms with Crippen molar-refractivity contribution in [3.8, 4) is 0 Å². The molecule has 40 heavy (non-hydrogen) atoms. The van der Waals surface area contributed by atoms with Gasteiger partial charge in [-0.2, -0.15) is 0 Å². The first-order chi connectivity index (χ1) is 19.5. The first-order valence-electron chi connectivity index (χ1n) is 17.3. The number of nitrogens with zero attached hydrogens (tertiary/aromatic N) is 2. The molecule has 0 N–H and O–H groups in total. The minimum absolute atomic E-state index is 0.0460. The molecule has 6 nitrogen and oxygen atoms in total. The van der Waals surface area contributed by atoms with Crippen LogP contribution in [0.4, 0.5) is 0 Å². The Labute approximate surface area is 242 Å². The largest absolute Gasteiger partial charge is 0.279 e. The third-order valence-electron chi connectivity index (χ3n) is 11.1. The highest BCUT2D eigenvalue weighted by atomic mass is 16.2. The maximum Gasteiger partial charge on any atom is 0.232 e. The van der Waals surface area contributed by atoms with Crippen LogP contribution in [-0.4, -0.2) is 45.5 Å². The summed E-state index contributed by atoms with van der Waals surface area (Å²) in [6.07, 6.45) is 23.3. The number of amides is 4. The molecule has 0 aromatic rings. The normalized spacial score (nSPS) is 28.1. The van der Waals surface area contributed by atoms with Gasteiger partial charge in [0.1, 0.15) is 0 Å². The Morgan fingerprint density at radius 1 is 0.325 bits per heavy atom. The monoisotopic (exact) mass is 554 g/mol. The van der Waals surface area contributed by atoms with Gasteiger partial charge in [0.25, 0.3) is 0 Å². The number of rotatable bonds is 6. The molecule has 5 rings (SSSR count). The van der Waals surface area contributed by atoms with Gasteiger partial charge in [0.15, 0.2) is 0 Å². The Morgan fingerprint density at radius 3 is 0.825 bits per heavy atom. The van der Waals surface area contributed by atoms with Crippen LogP contribution in [-0.2, 0) is 19.2 Å². The van der Waals surface area contributed by atoms with Crippen LogP contribution in [0.2, 0.25) is 0 Å². The van der Waals surface area contributed by atoms with E-state index >= 15 is 0 Å². The van der Waals surface area contributed by atoms with E-state index in [2.05, 4.69) is 0 Å². The van der Waals surface area contributed by atoms with E-state index in [0.29, 0.717) is 6.42 Å². The van der Waals surface area contributed by atoms with Gasteiger partial charge in [-0.25, -0.2) is 0 Å². The number of hydrogen-bond donors (Lipinski definition) is 0. The minimum Gasteiger partial charge on any atom is -0.279 e. The molecule has 6 heteroatoms. The van der Waals surface area contributed by atoms with Gasteiger partial charge in [-0.1, -0.05) is 77.0 Å². The van der Waals surface area contributed by atoms with E-state index in [9.17, 15) is 19.2 Å². The minimum atomic E-state index is -0.191. The zero-order valence-electron chi connectivity index (χ0n) is 25.0. The van der Waals surface area contributed by atoms with Crippen molar-refractivity contribution in [3.63, 3.8) is 0 Å². The van der Waals surface area contributed by atoms with Gasteiger partial charge in [-0.15, -0.1) is 0 Å². The SMILES string of the molecule is O=C(C1CCCCC1)N(C(=O)C1CCCCC1)C1CCCC(N(C(=O)C2CCCCC2)C(=O)C2CCCCC2)C1. The topological polar surface area (TPSA) is 74.8 Å². The van der Waals surface area contributed by atoms with Gasteiger partial charge >= 0.3 is 0 Å². The van der Waals surface area contributed by atoms with E-state index in [4.69, 9.17) is 0 Å². The molecule has 0 spiro atoms. The van der Waals surface area contributed by atoms with Gasteiger partial charge in [-0.3, -0.25) is 29.0 Å². The zero-order valence-corrected chi connectivity index (χ0v) is 25.0. The summed E-state index contributed by atoms with van der Waals surface area (Å²) in [7, 11) is 0. The third kappa shape index (κ3) is 7.01. The van der Waals surface area contributed by atoms with Crippen LogP contribution in [0.15, 0.2) is 0 Å². The lowest BCUT2D eigenvalue weighted by Gasteiger charge is -2.44. The smallest absolute Gasteiger partial charge is 0.232 e. The van der Waals surface area contributed by atoms with Crippen molar-refractivity contribution in [3.05, 3.63) is 0 Å². The lowest BCUT2D eigenvalue weighted by molar-refractivity contribution is -0.158. The van der Waals surface area contributed by atoms with Crippen molar-refractivity contribution in [2.75, 3.05) is 0 Å². The number of hydrogen-bond acceptors (Lipinski definition) is 4. The van der Waals surface area contributed by atoms with Crippen LogP contribution in [0.5, 0.6) is 0 Å². The first kappa shape index (κ1) is 29.8. The van der Waals surface area contributed by atoms with Crippen molar-refractivity contribution >= 4 is 23.6 Å². The molecule has 0 heterocycles. The van der Waals surface area contributed by atoms with Crippen molar-refractivity contribution in [2.24, 2.45) is 23.7 Å². The van der Waals surface area contributed by atoms with Gasteiger partial charge in [0.05, 0.1) is 0 Å². The lowest BCUT2D eigenvalue weighted by Crippen LogP contribution is -2.57. The fourth-order valence-electron chi connectivity index (χ4n) is 8.73. The van der Waals surface area contributed by atoms with Crippen LogP contribution in [0, 0.1) is 23.7 Å². The molecular weight excluding hydrogens is 500 g/mol. The highest BCUT2D eigenvalue weighted by Gasteiger charge is 2.44. The van der Waals surface area contributed by atoms with E-state index in [1.54, 1.807) is 9.80 Å². The molecule has 224 valence electrons. The molecule has 0 aromatic heterocycles. The van der Waals surface area contributed by atoms with E-state index in [1.165, 1.54) is 25.7 Å². The summed E-state index contributed by atoms with van der Waals surface area (Å²) < 4.78 is 0. The van der Waals surface area contributed by atoms with E-state index in [-0.39, 0.29) is 59.4 Å². The van der Waals surface area contributed by atoms with Gasteiger partial charge in [0.2, 0.25) is 23.6 Å². The lowest BCUT2D eigenvalue weighted by atomic mass is 9.81. The molecule has 0 radical (unpaired) electrons. The van der Waals surface area contributed by atoms with Gasteiger partial charge in [-0.05, 0) is 77.0 Å². The average molecular weight is 555 g/mol. The standard InChI is InChI=1S/C34H54N2O4/c37-31(25-14-5-1-6-15-25)35(32(38)26-16-7-2-8-17-26)29-22-13-23-30(24-29)36(33(39)27-18-9-3-10-19-27)34(40)28-20-11-4-12-21-28/h25-30H,1-24H2. The second kappa shape index (κ2) is 14.4. The van der Waals surface area contributed by atoms with Crippen molar-refractivity contribution in [2.45, 2.75) is 166 Å². The molecular formula is C34H54N2O4. The summed E-state index contributed by atoms with van der Waals surface area (Å²) >= 11 is 0. The summed E-state index contributed by atoms with van der Waals surface area (Å²) in [6, 6.07) is -0.383. The Balaban J connectivity index is 1.39. The molecule has 0 bridgehead atoms. The summed E-state index contributed by atoms with van der Waals surface area (Å²) in [5.74, 6) is -0.0178. The molecule has 0 saturated heterocycles. The zero-order chi connectivity index (χ0) is 27.9. The van der Waals surface area contributed by atoms with Gasteiger partial charge < -0.3 is 0 Å². The fourth-order valence-corrected chi connectivity index (χ4v) is 8.73. The highest BCUT2D eigenvalue weighted by Crippen LogP contribution is 2.37. The average Bonchev–Trinajstić information content (AvgIpc) is 3.03. The molecule has 5 fully saturated rings. The van der Waals surface area contributed by atoms with E-state index in [1.807, 2.05) is 0 Å². The molecule has 4 amide bonds. The highest BCUT2D eigenvalue weighted by molar-refractivity contribution is 5.99. The van der Waals surface area contributed by atoms with Crippen molar-refractivity contribution in [1.82, 2.24) is 9.80 Å². The predicted octanol–water partition coefficient (Wildman–Crippen LogP) is 7.33. The number of carbonyl (C=O) groups is 4. The fraction of sp³-hybridized carbons (Fsp3) is 0.882. The predicted molar refractivity (Wildman–Crippen MR) is 156 cm³/mol. The molecule has 0 aliphatic heterocycles. The van der Waals surface area contributed by atoms with Crippen LogP contribution >= 0.6 is 0 Å². The van der Waals surface area contributed by atoms with Gasteiger partial charge in [0, 0.05) is 35.8 Å². The maximum atomic E-state index is 14.1. The second-order valence-corrected chi connectivity index (χ2v) is 13.9. The van der Waals surface area contributed by atoms with E-state index < -0.39 is 0 Å². The molecule has 5 aliphatic carbocycles. The van der Waals surface area contributed by atoms with Crippen LogP contribution in [0.3, 0.4) is 0 Å². The molecule has 0 aromatic carbocycles. The number of carbonyl (C=O) groups excluding carboxylic acids is 4. The van der Waals surface area contributed by atoms with Crippen molar-refractivity contribution in [1.29, 1.82) is 0 Å². The Kier molecular flexibility index (Phi) is 10.7. The molecule has 5 saturated carbocycles. The summed E-state index contributed by atoms with van der Waals surface area (Å²) in [4.78, 5) is 59.7. The first-order valence-corrected chi connectivity index (χ1v) is 17.3. The maximum absolute atomic E-state index is 14.1. The quantitative estimate of drug-likeness (QED) is 0.322. The Bertz CT molecular complexity index is 748. The summed E-state index contributed by atoms with van der Waals surface area (Å²) in [5, 5.41) is 0. The van der Waals surface area contributed by atoms with Crippen molar-refractivity contribution < 1.29 is 19.2 Å². The van der Waals surface area contributed by atoms with Crippen LogP contribution in [0.25, 0.3) is 0 Å². The summed E-state index contributed by atoms with van der Waals surface area (Å²) in [5.41, 5.74) is 0. The molecule has 2 unspecified atom stereocenters. The Hall–Kier alpha value is -1.72. The summed E-state index contributed by atoms with van der Waals surface area (Å²) in [6.45, 7) is 0. The number of imide groups is 2. The van der Waals surface area contributed by atoms with Crippen LogP contribution < -0.4 is 0 Å². The van der Waals surface area contributed by atoms with E-state index in [0.717, 1.165) is 122 Å². The molecule has 5 aliphatic rings. The third-order valence-corrected chi connectivity index (χ3v) is 11.1. The van der Waals surface area contributed by atoms with Crippen LogP contribution in [0.1, 0.15) is 154 Å². The molecule has 2 atom stereocenters. The second-order valence-electron chi connectivity index (χ2n) is 13.9.